The molecule has 0 unspecified atom stereocenters. The van der Waals surface area contributed by atoms with Gasteiger partial charge in [0, 0.05) is 25.1 Å². The Morgan fingerprint density at radius 1 is 1.09 bits per heavy atom. The van der Waals surface area contributed by atoms with Crippen LogP contribution in [0.15, 0.2) is 24.3 Å². The van der Waals surface area contributed by atoms with E-state index in [0.717, 1.165) is 19.4 Å². The van der Waals surface area contributed by atoms with Crippen LogP contribution in [0.25, 0.3) is 0 Å². The van der Waals surface area contributed by atoms with Gasteiger partial charge in [-0.2, -0.15) is 0 Å². The summed E-state index contributed by atoms with van der Waals surface area (Å²) in [7, 11) is 0. The summed E-state index contributed by atoms with van der Waals surface area (Å²) in [4.78, 5) is 28.5. The number of fused-ring (bicyclic) bond motifs is 4. The Kier molecular flexibility index (Phi) is 3.36. The van der Waals surface area contributed by atoms with Crippen molar-refractivity contribution in [1.82, 2.24) is 0 Å². The Hall–Kier alpha value is -1.64. The molecular formula is C20H25NO2. The molecule has 1 aromatic rings. The number of ketones is 2. The Balaban J connectivity index is 1.91. The molecule has 3 heteroatoms. The summed E-state index contributed by atoms with van der Waals surface area (Å²) in [5, 5.41) is 0. The van der Waals surface area contributed by atoms with E-state index in [0.29, 0.717) is 31.1 Å². The fourth-order valence-electron chi connectivity index (χ4n) is 5.48. The molecule has 0 bridgehead atoms. The minimum absolute atomic E-state index is 0.0499. The molecule has 0 radical (unpaired) electrons. The molecule has 122 valence electrons. The van der Waals surface area contributed by atoms with E-state index in [2.05, 4.69) is 36.9 Å². The van der Waals surface area contributed by atoms with Crippen LogP contribution in [0.2, 0.25) is 0 Å². The predicted octanol–water partition coefficient (Wildman–Crippen LogP) is 3.40. The fraction of sp³-hybridized carbons (Fsp3) is 0.600. The maximum Gasteiger partial charge on any atom is 0.148 e. The van der Waals surface area contributed by atoms with Gasteiger partial charge in [0.25, 0.3) is 0 Å². The van der Waals surface area contributed by atoms with Crippen LogP contribution in [0, 0.1) is 17.3 Å². The van der Waals surface area contributed by atoms with Gasteiger partial charge in [-0.1, -0.05) is 32.0 Å². The first kappa shape index (κ1) is 14.9. The molecule has 2 fully saturated rings. The second-order valence-corrected chi connectivity index (χ2v) is 7.89. The highest BCUT2D eigenvalue weighted by atomic mass is 16.2. The number of rotatable bonds is 0. The Labute approximate surface area is 138 Å². The molecule has 2 aliphatic heterocycles. The molecule has 0 N–H and O–H groups in total. The van der Waals surface area contributed by atoms with Crippen LogP contribution in [-0.4, -0.2) is 24.2 Å². The zero-order chi connectivity index (χ0) is 16.2. The van der Waals surface area contributed by atoms with Crippen LogP contribution < -0.4 is 4.90 Å². The van der Waals surface area contributed by atoms with E-state index in [1.807, 2.05) is 6.07 Å². The highest BCUT2D eigenvalue weighted by Gasteiger charge is 2.59. The van der Waals surface area contributed by atoms with E-state index in [9.17, 15) is 9.59 Å². The second kappa shape index (κ2) is 5.19. The lowest BCUT2D eigenvalue weighted by Crippen LogP contribution is -2.66. The summed E-state index contributed by atoms with van der Waals surface area (Å²) < 4.78 is 0. The summed E-state index contributed by atoms with van der Waals surface area (Å²) in [6, 6.07) is 8.42. The standard InChI is InChI=1S/C20H25NO2/c1-13-10-14(2)19-20(17(22)8-5-9-18(20)23)11-15-6-3-4-7-16(15)21(19)12-13/h3-4,6-7,13-14,19H,5,8-12H2,1-2H3/t13-,14-,19+/m0/s1. The molecule has 1 saturated heterocycles. The predicted molar refractivity (Wildman–Crippen MR) is 90.5 cm³/mol. The highest BCUT2D eigenvalue weighted by molar-refractivity contribution is 6.11. The minimum atomic E-state index is -0.786. The van der Waals surface area contributed by atoms with E-state index in [4.69, 9.17) is 0 Å². The number of carbonyl (C=O) groups is 2. The first-order chi connectivity index (χ1) is 11.0. The van der Waals surface area contributed by atoms with Gasteiger partial charge in [0.1, 0.15) is 17.0 Å². The maximum absolute atomic E-state index is 13.0. The number of Topliss-reactive ketones (excluding diaryl/α,β-unsaturated/α-hetero) is 2. The molecule has 1 saturated carbocycles. The van der Waals surface area contributed by atoms with Crippen molar-refractivity contribution in [1.29, 1.82) is 0 Å². The molecule has 3 atom stereocenters. The number of hydrogen-bond donors (Lipinski definition) is 0. The van der Waals surface area contributed by atoms with Gasteiger partial charge in [0.2, 0.25) is 0 Å². The summed E-state index contributed by atoms with van der Waals surface area (Å²) in [5.74, 6) is 1.36. The maximum atomic E-state index is 13.0. The number of benzene rings is 1. The SMILES string of the molecule is C[C@H]1C[C@H](C)[C@H]2N(C1)c1ccccc1CC21C(=O)CCCC1=O. The van der Waals surface area contributed by atoms with Crippen LogP contribution in [0.1, 0.15) is 45.1 Å². The normalized spacial score (nSPS) is 32.6. The lowest BCUT2D eigenvalue weighted by Gasteiger charge is -2.56. The topological polar surface area (TPSA) is 37.4 Å². The first-order valence-electron chi connectivity index (χ1n) is 8.95. The van der Waals surface area contributed by atoms with Crippen molar-refractivity contribution < 1.29 is 9.59 Å². The number of carbonyl (C=O) groups excluding carboxylic acids is 2. The van der Waals surface area contributed by atoms with Crippen LogP contribution in [0.4, 0.5) is 5.69 Å². The van der Waals surface area contributed by atoms with Crippen molar-refractivity contribution in [2.45, 2.75) is 52.0 Å². The van der Waals surface area contributed by atoms with Crippen molar-refractivity contribution >= 4 is 17.3 Å². The Morgan fingerprint density at radius 2 is 1.78 bits per heavy atom. The first-order valence-corrected chi connectivity index (χ1v) is 8.95. The average molecular weight is 311 g/mol. The third kappa shape index (κ3) is 2.02. The number of para-hydroxylation sites is 1. The van der Waals surface area contributed by atoms with Crippen LogP contribution in [0.5, 0.6) is 0 Å². The van der Waals surface area contributed by atoms with Crippen molar-refractivity contribution in [3.63, 3.8) is 0 Å². The van der Waals surface area contributed by atoms with Crippen LogP contribution >= 0.6 is 0 Å². The van der Waals surface area contributed by atoms with Gasteiger partial charge >= 0.3 is 0 Å². The second-order valence-electron chi connectivity index (χ2n) is 7.89. The van der Waals surface area contributed by atoms with Gasteiger partial charge in [-0.25, -0.2) is 0 Å². The van der Waals surface area contributed by atoms with Crippen molar-refractivity contribution in [2.75, 3.05) is 11.4 Å². The smallest absolute Gasteiger partial charge is 0.148 e. The quantitative estimate of drug-likeness (QED) is 0.689. The largest absolute Gasteiger partial charge is 0.366 e. The van der Waals surface area contributed by atoms with Gasteiger partial charge in [0.05, 0.1) is 6.04 Å². The number of nitrogens with zero attached hydrogens (tertiary/aromatic N) is 1. The molecule has 1 spiro atoms. The summed E-state index contributed by atoms with van der Waals surface area (Å²) in [5.41, 5.74) is 1.63. The number of piperidine rings is 1. The van der Waals surface area contributed by atoms with Crippen LogP contribution in [-0.2, 0) is 16.0 Å². The number of anilines is 1. The van der Waals surface area contributed by atoms with E-state index >= 15 is 0 Å². The fourth-order valence-corrected chi connectivity index (χ4v) is 5.48. The highest BCUT2D eigenvalue weighted by Crippen LogP contribution is 2.51. The van der Waals surface area contributed by atoms with Crippen molar-refractivity contribution in [3.05, 3.63) is 29.8 Å². The molecule has 0 amide bonds. The van der Waals surface area contributed by atoms with Gasteiger partial charge < -0.3 is 4.90 Å². The third-order valence-electron chi connectivity index (χ3n) is 6.24. The minimum Gasteiger partial charge on any atom is -0.366 e. The van der Waals surface area contributed by atoms with Gasteiger partial charge in [-0.15, -0.1) is 0 Å². The molecule has 0 aromatic heterocycles. The average Bonchev–Trinajstić information content (AvgIpc) is 2.52. The summed E-state index contributed by atoms with van der Waals surface area (Å²) in [6.45, 7) is 5.47. The Morgan fingerprint density at radius 3 is 2.52 bits per heavy atom. The Bertz CT molecular complexity index is 649. The molecule has 3 nitrogen and oxygen atoms in total. The van der Waals surface area contributed by atoms with E-state index < -0.39 is 5.41 Å². The van der Waals surface area contributed by atoms with E-state index in [1.165, 1.54) is 11.3 Å². The van der Waals surface area contributed by atoms with Crippen molar-refractivity contribution in [3.8, 4) is 0 Å². The molecular weight excluding hydrogens is 286 g/mol. The van der Waals surface area contributed by atoms with E-state index in [-0.39, 0.29) is 17.6 Å². The van der Waals surface area contributed by atoms with Gasteiger partial charge in [-0.05, 0) is 42.7 Å². The zero-order valence-corrected chi connectivity index (χ0v) is 14.0. The monoisotopic (exact) mass is 311 g/mol. The molecule has 4 rings (SSSR count). The summed E-state index contributed by atoms with van der Waals surface area (Å²) in [6.07, 6.45) is 3.59. The molecule has 3 aliphatic rings. The third-order valence-corrected chi connectivity index (χ3v) is 6.24. The lowest BCUT2D eigenvalue weighted by atomic mass is 9.57. The number of hydrogen-bond acceptors (Lipinski definition) is 3. The summed E-state index contributed by atoms with van der Waals surface area (Å²) >= 11 is 0. The van der Waals surface area contributed by atoms with Gasteiger partial charge in [0.15, 0.2) is 0 Å². The zero-order valence-electron chi connectivity index (χ0n) is 14.0. The van der Waals surface area contributed by atoms with Crippen LogP contribution in [0.3, 0.4) is 0 Å². The molecule has 1 aromatic carbocycles. The molecule has 1 aliphatic carbocycles. The van der Waals surface area contributed by atoms with Crippen molar-refractivity contribution in [2.24, 2.45) is 17.3 Å². The van der Waals surface area contributed by atoms with Gasteiger partial charge in [-0.3, -0.25) is 9.59 Å². The lowest BCUT2D eigenvalue weighted by molar-refractivity contribution is -0.147. The molecule has 23 heavy (non-hydrogen) atoms. The molecule has 2 heterocycles. The van der Waals surface area contributed by atoms with E-state index in [1.54, 1.807) is 0 Å².